The lowest BCUT2D eigenvalue weighted by atomic mass is 10.0. The van der Waals surface area contributed by atoms with Crippen LogP contribution >= 0.6 is 0 Å². The van der Waals surface area contributed by atoms with Gasteiger partial charge in [0.1, 0.15) is 5.69 Å². The number of rotatable bonds is 3. The van der Waals surface area contributed by atoms with E-state index in [9.17, 15) is 4.79 Å². The number of nitrogens with zero attached hydrogens (tertiary/aromatic N) is 4. The molecular weight excluding hydrogens is 374 g/mol. The van der Waals surface area contributed by atoms with Crippen molar-refractivity contribution < 1.29 is 4.79 Å². The zero-order valence-corrected chi connectivity index (χ0v) is 17.3. The Morgan fingerprint density at radius 3 is 2.57 bits per heavy atom. The van der Waals surface area contributed by atoms with Gasteiger partial charge in [0.25, 0.3) is 5.91 Å². The third-order valence-electron chi connectivity index (χ3n) is 5.71. The summed E-state index contributed by atoms with van der Waals surface area (Å²) in [5.41, 5.74) is 12.0. The molecule has 1 aliphatic heterocycles. The molecule has 0 aliphatic carbocycles. The molecule has 1 atom stereocenters. The van der Waals surface area contributed by atoms with E-state index in [1.807, 2.05) is 60.0 Å². The van der Waals surface area contributed by atoms with Gasteiger partial charge in [-0.05, 0) is 55.7 Å². The Morgan fingerprint density at radius 2 is 1.93 bits per heavy atom. The quantitative estimate of drug-likeness (QED) is 0.730. The Balaban J connectivity index is 1.83. The molecule has 2 aromatic heterocycles. The zero-order valence-electron chi connectivity index (χ0n) is 17.3. The Hall–Kier alpha value is -3.43. The van der Waals surface area contributed by atoms with E-state index in [1.165, 1.54) is 0 Å². The number of carbonyl (C=O) groups is 1. The van der Waals surface area contributed by atoms with Crippen molar-refractivity contribution in [2.45, 2.75) is 25.8 Å². The molecule has 152 valence electrons. The van der Waals surface area contributed by atoms with E-state index >= 15 is 0 Å². The van der Waals surface area contributed by atoms with Crippen LogP contribution in [0.4, 0.5) is 0 Å². The highest BCUT2D eigenvalue weighted by atomic mass is 16.2. The second-order valence-electron chi connectivity index (χ2n) is 7.88. The number of pyridine rings is 1. The highest BCUT2D eigenvalue weighted by Gasteiger charge is 2.27. The van der Waals surface area contributed by atoms with E-state index < -0.39 is 0 Å². The van der Waals surface area contributed by atoms with E-state index in [4.69, 9.17) is 11.0 Å². The lowest BCUT2D eigenvalue weighted by Crippen LogP contribution is -2.46. The standard InChI is InChI=1S/C24H25N5O/c1-16-5-8-19(14-27-16)23-21(18-9-6-17(13-25)7-10-18)12-22(28(23)2)24(30)29-11-3-4-20(26)15-29/h5-10,12,14,20H,3-4,11,15,26H2,1-2H3. The number of nitriles is 1. The minimum absolute atomic E-state index is 0.00568. The summed E-state index contributed by atoms with van der Waals surface area (Å²) in [6.07, 6.45) is 3.71. The van der Waals surface area contributed by atoms with E-state index in [-0.39, 0.29) is 11.9 Å². The first kappa shape index (κ1) is 19.9. The maximum Gasteiger partial charge on any atom is 0.270 e. The maximum atomic E-state index is 13.3. The predicted octanol–water partition coefficient (Wildman–Crippen LogP) is 3.50. The molecule has 4 rings (SSSR count). The van der Waals surface area contributed by atoms with Gasteiger partial charge in [-0.25, -0.2) is 0 Å². The highest BCUT2D eigenvalue weighted by molar-refractivity contribution is 5.97. The molecule has 2 N–H and O–H groups in total. The zero-order chi connectivity index (χ0) is 21.3. The first-order valence-electron chi connectivity index (χ1n) is 10.2. The number of benzene rings is 1. The Kier molecular flexibility index (Phi) is 5.39. The molecule has 0 bridgehead atoms. The minimum Gasteiger partial charge on any atom is -0.339 e. The smallest absolute Gasteiger partial charge is 0.270 e. The van der Waals surface area contributed by atoms with Crippen LogP contribution in [0.25, 0.3) is 22.4 Å². The molecule has 3 aromatic rings. The van der Waals surface area contributed by atoms with Crippen LogP contribution in [0, 0.1) is 18.3 Å². The van der Waals surface area contributed by atoms with Crippen LogP contribution < -0.4 is 5.73 Å². The van der Waals surface area contributed by atoms with Gasteiger partial charge >= 0.3 is 0 Å². The van der Waals surface area contributed by atoms with Gasteiger partial charge in [-0.2, -0.15) is 5.26 Å². The molecule has 1 saturated heterocycles. The Labute approximate surface area is 176 Å². The van der Waals surface area contributed by atoms with Crippen LogP contribution in [0.15, 0.2) is 48.7 Å². The van der Waals surface area contributed by atoms with E-state index in [1.54, 1.807) is 12.1 Å². The van der Waals surface area contributed by atoms with Crippen molar-refractivity contribution in [2.75, 3.05) is 13.1 Å². The first-order chi connectivity index (χ1) is 14.5. The Bertz CT molecular complexity index is 1110. The normalized spacial score (nSPS) is 16.3. The van der Waals surface area contributed by atoms with Crippen LogP contribution in [-0.4, -0.2) is 39.5 Å². The molecule has 3 heterocycles. The van der Waals surface area contributed by atoms with Gasteiger partial charge in [0.15, 0.2) is 0 Å². The van der Waals surface area contributed by atoms with Gasteiger partial charge in [0, 0.05) is 49.2 Å². The first-order valence-corrected chi connectivity index (χ1v) is 10.2. The van der Waals surface area contributed by atoms with Crippen molar-refractivity contribution in [2.24, 2.45) is 12.8 Å². The van der Waals surface area contributed by atoms with Gasteiger partial charge < -0.3 is 15.2 Å². The minimum atomic E-state index is -0.00568. The second-order valence-corrected chi connectivity index (χ2v) is 7.88. The van der Waals surface area contributed by atoms with Crippen LogP contribution in [0.1, 0.15) is 34.6 Å². The lowest BCUT2D eigenvalue weighted by molar-refractivity contribution is 0.0699. The van der Waals surface area contributed by atoms with Crippen molar-refractivity contribution in [3.8, 4) is 28.5 Å². The summed E-state index contributed by atoms with van der Waals surface area (Å²) in [6.45, 7) is 3.26. The van der Waals surface area contributed by atoms with Crippen molar-refractivity contribution in [1.29, 1.82) is 5.26 Å². The van der Waals surface area contributed by atoms with Crippen molar-refractivity contribution in [3.63, 3.8) is 0 Å². The molecule has 1 unspecified atom stereocenters. The molecule has 0 spiro atoms. The number of carbonyl (C=O) groups excluding carboxylic acids is 1. The fraction of sp³-hybridized carbons (Fsp3) is 0.292. The number of nitrogens with two attached hydrogens (primary N) is 1. The third-order valence-corrected chi connectivity index (χ3v) is 5.71. The van der Waals surface area contributed by atoms with Gasteiger partial charge in [-0.15, -0.1) is 0 Å². The largest absolute Gasteiger partial charge is 0.339 e. The second kappa shape index (κ2) is 8.13. The van der Waals surface area contributed by atoms with Crippen LogP contribution in [0.2, 0.25) is 0 Å². The number of hydrogen-bond donors (Lipinski definition) is 1. The molecule has 1 fully saturated rings. The van der Waals surface area contributed by atoms with Crippen molar-refractivity contribution in [1.82, 2.24) is 14.5 Å². The summed E-state index contributed by atoms with van der Waals surface area (Å²) in [5, 5.41) is 9.12. The molecule has 6 nitrogen and oxygen atoms in total. The van der Waals surface area contributed by atoms with Gasteiger partial charge in [-0.1, -0.05) is 12.1 Å². The summed E-state index contributed by atoms with van der Waals surface area (Å²) in [4.78, 5) is 19.6. The summed E-state index contributed by atoms with van der Waals surface area (Å²) in [7, 11) is 1.92. The third kappa shape index (κ3) is 3.72. The van der Waals surface area contributed by atoms with Crippen LogP contribution in [0.5, 0.6) is 0 Å². The molecule has 6 heteroatoms. The number of piperidine rings is 1. The molecule has 1 amide bonds. The fourth-order valence-electron chi connectivity index (χ4n) is 4.07. The molecule has 0 saturated carbocycles. The average Bonchev–Trinajstić information content (AvgIpc) is 3.11. The Morgan fingerprint density at radius 1 is 1.20 bits per heavy atom. The summed E-state index contributed by atoms with van der Waals surface area (Å²) in [6, 6.07) is 15.6. The SMILES string of the molecule is Cc1ccc(-c2c(-c3ccc(C#N)cc3)cc(C(=O)N3CCCC(N)C3)n2C)cn1. The van der Waals surface area contributed by atoms with Crippen LogP contribution in [0.3, 0.4) is 0 Å². The van der Waals surface area contributed by atoms with Crippen molar-refractivity contribution >= 4 is 5.91 Å². The topological polar surface area (TPSA) is 87.9 Å². The molecule has 0 radical (unpaired) electrons. The molecule has 1 aromatic carbocycles. The molecule has 30 heavy (non-hydrogen) atoms. The van der Waals surface area contributed by atoms with Gasteiger partial charge in [0.2, 0.25) is 0 Å². The number of amides is 1. The summed E-state index contributed by atoms with van der Waals surface area (Å²) >= 11 is 0. The highest BCUT2D eigenvalue weighted by Crippen LogP contribution is 2.35. The van der Waals surface area contributed by atoms with Gasteiger partial charge in [0.05, 0.1) is 17.3 Å². The van der Waals surface area contributed by atoms with Gasteiger partial charge in [-0.3, -0.25) is 9.78 Å². The van der Waals surface area contributed by atoms with E-state index in [0.29, 0.717) is 17.8 Å². The fourth-order valence-corrected chi connectivity index (χ4v) is 4.07. The number of likely N-dealkylation sites (tertiary alicyclic amines) is 1. The number of hydrogen-bond acceptors (Lipinski definition) is 4. The average molecular weight is 399 g/mol. The van der Waals surface area contributed by atoms with E-state index in [0.717, 1.165) is 47.5 Å². The maximum absolute atomic E-state index is 13.3. The number of aryl methyl sites for hydroxylation is 1. The summed E-state index contributed by atoms with van der Waals surface area (Å²) in [5.74, 6) is -0.00568. The van der Waals surface area contributed by atoms with Crippen LogP contribution in [-0.2, 0) is 7.05 Å². The summed E-state index contributed by atoms with van der Waals surface area (Å²) < 4.78 is 1.95. The molecule has 1 aliphatic rings. The predicted molar refractivity (Wildman–Crippen MR) is 117 cm³/mol. The number of aromatic nitrogens is 2. The lowest BCUT2D eigenvalue weighted by Gasteiger charge is -2.30. The van der Waals surface area contributed by atoms with E-state index in [2.05, 4.69) is 11.1 Å². The monoisotopic (exact) mass is 399 g/mol. The van der Waals surface area contributed by atoms with Crippen molar-refractivity contribution in [3.05, 3.63) is 65.6 Å². The molecular formula is C24H25N5O.